The van der Waals surface area contributed by atoms with Crippen LogP contribution in [-0.4, -0.2) is 0 Å². The van der Waals surface area contributed by atoms with Crippen molar-refractivity contribution in [1.82, 2.24) is 0 Å². The highest BCUT2D eigenvalue weighted by Gasteiger charge is 2.19. The molecule has 0 bridgehead atoms. The van der Waals surface area contributed by atoms with E-state index in [0.717, 1.165) is 50.1 Å². The number of anilines is 3. The molecular weight excluding hydrogens is 583 g/mol. The van der Waals surface area contributed by atoms with Crippen LogP contribution < -0.4 is 4.90 Å². The molecule has 0 aliphatic rings. The van der Waals surface area contributed by atoms with Gasteiger partial charge < -0.3 is 9.32 Å². The Kier molecular flexibility index (Phi) is 6.84. The minimum atomic E-state index is 0.885. The maximum absolute atomic E-state index is 6.22. The Morgan fingerprint density at radius 1 is 0.333 bits per heavy atom. The molecule has 8 aromatic carbocycles. The van der Waals surface area contributed by atoms with Crippen LogP contribution in [0.3, 0.4) is 0 Å². The average Bonchev–Trinajstić information content (AvgIpc) is 3.54. The molecule has 0 saturated carbocycles. The molecule has 48 heavy (non-hydrogen) atoms. The van der Waals surface area contributed by atoms with Crippen molar-refractivity contribution in [3.05, 3.63) is 188 Å². The van der Waals surface area contributed by atoms with Gasteiger partial charge in [-0.3, -0.25) is 0 Å². The number of hydrogen-bond acceptors (Lipinski definition) is 2. The van der Waals surface area contributed by atoms with Crippen molar-refractivity contribution < 1.29 is 4.42 Å². The lowest BCUT2D eigenvalue weighted by molar-refractivity contribution is 0.669. The van der Waals surface area contributed by atoms with Crippen molar-refractivity contribution >= 4 is 49.8 Å². The summed E-state index contributed by atoms with van der Waals surface area (Å²) in [6.07, 6.45) is 0. The molecule has 2 heteroatoms. The van der Waals surface area contributed by atoms with E-state index in [1.165, 1.54) is 33.0 Å². The zero-order valence-corrected chi connectivity index (χ0v) is 26.3. The molecule has 0 N–H and O–H groups in total. The van der Waals surface area contributed by atoms with Crippen molar-refractivity contribution in [3.63, 3.8) is 0 Å². The smallest absolute Gasteiger partial charge is 0.135 e. The molecule has 0 unspecified atom stereocenters. The van der Waals surface area contributed by atoms with Gasteiger partial charge in [-0.2, -0.15) is 0 Å². The monoisotopic (exact) mass is 613 g/mol. The van der Waals surface area contributed by atoms with E-state index < -0.39 is 0 Å². The van der Waals surface area contributed by atoms with Crippen LogP contribution >= 0.6 is 0 Å². The highest BCUT2D eigenvalue weighted by Crippen LogP contribution is 2.44. The SMILES string of the molecule is c1ccc(-c2ccc(N(c3ccc4oc5ccccc5c4c3)c3ccccc3-c3cccc(-c4cccc5ccccc45)c3)cc2)cc1. The molecule has 226 valence electrons. The summed E-state index contributed by atoms with van der Waals surface area (Å²) in [5.74, 6) is 0. The Bertz CT molecular complexity index is 2560. The lowest BCUT2D eigenvalue weighted by Gasteiger charge is -2.28. The first-order valence-electron chi connectivity index (χ1n) is 16.3. The maximum Gasteiger partial charge on any atom is 0.135 e. The van der Waals surface area contributed by atoms with Gasteiger partial charge in [0, 0.05) is 27.7 Å². The van der Waals surface area contributed by atoms with Crippen molar-refractivity contribution in [2.24, 2.45) is 0 Å². The predicted octanol–water partition coefficient (Wildman–Crippen LogP) is 13.2. The minimum absolute atomic E-state index is 0.885. The summed E-state index contributed by atoms with van der Waals surface area (Å²) in [5, 5.41) is 4.72. The van der Waals surface area contributed by atoms with E-state index in [9.17, 15) is 0 Å². The number of hydrogen-bond donors (Lipinski definition) is 0. The molecule has 9 aromatic rings. The van der Waals surface area contributed by atoms with Crippen molar-refractivity contribution in [1.29, 1.82) is 0 Å². The van der Waals surface area contributed by atoms with Crippen LogP contribution in [0.5, 0.6) is 0 Å². The third-order valence-electron chi connectivity index (χ3n) is 9.27. The normalized spacial score (nSPS) is 11.3. The minimum Gasteiger partial charge on any atom is -0.456 e. The number of benzene rings is 8. The largest absolute Gasteiger partial charge is 0.456 e. The van der Waals surface area contributed by atoms with Crippen LogP contribution in [0.4, 0.5) is 17.1 Å². The Balaban J connectivity index is 1.22. The van der Waals surface area contributed by atoms with E-state index in [0.29, 0.717) is 0 Å². The number of fused-ring (bicyclic) bond motifs is 4. The van der Waals surface area contributed by atoms with Crippen LogP contribution in [0.1, 0.15) is 0 Å². The second kappa shape index (κ2) is 11.8. The predicted molar refractivity (Wildman–Crippen MR) is 202 cm³/mol. The van der Waals surface area contributed by atoms with Crippen LogP contribution in [0.25, 0.3) is 66.1 Å². The van der Waals surface area contributed by atoms with Gasteiger partial charge >= 0.3 is 0 Å². The van der Waals surface area contributed by atoms with Crippen LogP contribution in [0.15, 0.2) is 192 Å². The lowest BCUT2D eigenvalue weighted by atomic mass is 9.94. The summed E-state index contributed by atoms with van der Waals surface area (Å²) in [7, 11) is 0. The first kappa shape index (κ1) is 27.9. The van der Waals surface area contributed by atoms with Crippen molar-refractivity contribution in [2.45, 2.75) is 0 Å². The van der Waals surface area contributed by atoms with Gasteiger partial charge in [-0.15, -0.1) is 0 Å². The molecule has 9 rings (SSSR count). The molecule has 0 fully saturated rings. The van der Waals surface area contributed by atoms with Crippen LogP contribution in [-0.2, 0) is 0 Å². The number of rotatable bonds is 6. The summed E-state index contributed by atoms with van der Waals surface area (Å²) in [6, 6.07) is 67.0. The van der Waals surface area contributed by atoms with E-state index in [4.69, 9.17) is 4.42 Å². The number of para-hydroxylation sites is 2. The average molecular weight is 614 g/mol. The van der Waals surface area contributed by atoms with Crippen molar-refractivity contribution in [3.8, 4) is 33.4 Å². The molecular formula is C46H31NO. The zero-order valence-electron chi connectivity index (χ0n) is 26.3. The first-order valence-corrected chi connectivity index (χ1v) is 16.3. The topological polar surface area (TPSA) is 16.4 Å². The van der Waals surface area contributed by atoms with Crippen LogP contribution in [0.2, 0.25) is 0 Å². The van der Waals surface area contributed by atoms with Gasteiger partial charge in [0.05, 0.1) is 5.69 Å². The summed E-state index contributed by atoms with van der Waals surface area (Å²) >= 11 is 0. The number of furan rings is 1. The molecule has 1 heterocycles. The van der Waals surface area contributed by atoms with Gasteiger partial charge in [-0.1, -0.05) is 140 Å². The molecule has 1 aromatic heterocycles. The van der Waals surface area contributed by atoms with Gasteiger partial charge in [0.2, 0.25) is 0 Å². The summed E-state index contributed by atoms with van der Waals surface area (Å²) < 4.78 is 6.22. The fourth-order valence-electron chi connectivity index (χ4n) is 6.96. The third kappa shape index (κ3) is 4.92. The fraction of sp³-hybridized carbons (Fsp3) is 0. The quantitative estimate of drug-likeness (QED) is 0.185. The maximum atomic E-state index is 6.22. The van der Waals surface area contributed by atoms with E-state index in [-0.39, 0.29) is 0 Å². The second-order valence-corrected chi connectivity index (χ2v) is 12.2. The van der Waals surface area contributed by atoms with E-state index >= 15 is 0 Å². The van der Waals surface area contributed by atoms with Gasteiger partial charge in [0.1, 0.15) is 11.2 Å². The highest BCUT2D eigenvalue weighted by atomic mass is 16.3. The molecule has 0 spiro atoms. The van der Waals surface area contributed by atoms with Gasteiger partial charge in [-0.25, -0.2) is 0 Å². The van der Waals surface area contributed by atoms with Gasteiger partial charge in [0.15, 0.2) is 0 Å². The molecule has 0 radical (unpaired) electrons. The number of nitrogens with zero attached hydrogens (tertiary/aromatic N) is 1. The first-order chi connectivity index (χ1) is 23.8. The highest BCUT2D eigenvalue weighted by molar-refractivity contribution is 6.07. The fourth-order valence-corrected chi connectivity index (χ4v) is 6.96. The van der Waals surface area contributed by atoms with Crippen LogP contribution in [0, 0.1) is 0 Å². The summed E-state index contributed by atoms with van der Waals surface area (Å²) in [6.45, 7) is 0. The molecule has 0 amide bonds. The van der Waals surface area contributed by atoms with E-state index in [1.807, 2.05) is 12.1 Å². The summed E-state index contributed by atoms with van der Waals surface area (Å²) in [4.78, 5) is 2.37. The Hall–Kier alpha value is -6.38. The van der Waals surface area contributed by atoms with E-state index in [1.54, 1.807) is 0 Å². The zero-order chi connectivity index (χ0) is 31.9. The second-order valence-electron chi connectivity index (χ2n) is 12.2. The molecule has 2 nitrogen and oxygen atoms in total. The third-order valence-corrected chi connectivity index (χ3v) is 9.27. The molecule has 0 saturated heterocycles. The molecule has 0 aliphatic carbocycles. The Morgan fingerprint density at radius 3 is 1.79 bits per heavy atom. The van der Waals surface area contributed by atoms with Crippen molar-refractivity contribution in [2.75, 3.05) is 4.90 Å². The van der Waals surface area contributed by atoms with Gasteiger partial charge in [0.25, 0.3) is 0 Å². The standard InChI is InChI=1S/C46H31NO/c1-2-12-32(13-3-1)33-24-26-37(27-25-33)47(38-28-29-46-43(31-38)42-20-7-9-23-45(42)48-46)44-22-8-6-19-41(44)36-17-10-16-35(30-36)40-21-11-15-34-14-4-5-18-39(34)40/h1-31H. The Morgan fingerprint density at radius 2 is 0.917 bits per heavy atom. The summed E-state index contributed by atoms with van der Waals surface area (Å²) in [5.41, 5.74) is 12.2. The van der Waals surface area contributed by atoms with Gasteiger partial charge in [-0.05, 0) is 87.1 Å². The van der Waals surface area contributed by atoms with E-state index in [2.05, 4.69) is 181 Å². The molecule has 0 aliphatic heterocycles. The lowest BCUT2D eigenvalue weighted by Crippen LogP contribution is -2.11. The Labute approximate surface area is 279 Å². The molecule has 0 atom stereocenters.